The quantitative estimate of drug-likeness (QED) is 0.631. The summed E-state index contributed by atoms with van der Waals surface area (Å²) in [5.41, 5.74) is 1.81. The van der Waals surface area contributed by atoms with Gasteiger partial charge < -0.3 is 0 Å². The lowest BCUT2D eigenvalue weighted by atomic mass is 9.89. The van der Waals surface area contributed by atoms with E-state index < -0.39 is 0 Å². The number of allylic oxidation sites excluding steroid dienone is 2. The second-order valence-electron chi connectivity index (χ2n) is 6.12. The van der Waals surface area contributed by atoms with Crippen LogP contribution >= 0.6 is 0 Å². The average molecular weight is 295 g/mol. The molecule has 3 nitrogen and oxygen atoms in total. The van der Waals surface area contributed by atoms with E-state index in [-0.39, 0.29) is 35.5 Å². The summed E-state index contributed by atoms with van der Waals surface area (Å²) in [7, 11) is 0. The monoisotopic (exact) mass is 295 g/mol. The molecular formula is C19H21NO2. The van der Waals surface area contributed by atoms with Gasteiger partial charge in [-0.3, -0.25) is 14.5 Å². The van der Waals surface area contributed by atoms with Gasteiger partial charge >= 0.3 is 0 Å². The predicted molar refractivity (Wildman–Crippen MR) is 87.3 cm³/mol. The second-order valence-corrected chi connectivity index (χ2v) is 6.12. The molecule has 1 aliphatic heterocycles. The van der Waals surface area contributed by atoms with Crippen LogP contribution in [0.25, 0.3) is 0 Å². The first-order valence-corrected chi connectivity index (χ1v) is 7.84. The highest BCUT2D eigenvalue weighted by Crippen LogP contribution is 2.49. The third-order valence-electron chi connectivity index (χ3n) is 5.05. The van der Waals surface area contributed by atoms with Crippen LogP contribution in [0.4, 0.5) is 5.69 Å². The maximum absolute atomic E-state index is 12.9. The van der Waals surface area contributed by atoms with Crippen molar-refractivity contribution in [1.29, 1.82) is 0 Å². The van der Waals surface area contributed by atoms with E-state index in [0.717, 1.165) is 18.4 Å². The molecule has 22 heavy (non-hydrogen) atoms. The molecule has 0 aromatic heterocycles. The molecule has 2 fully saturated rings. The highest BCUT2D eigenvalue weighted by Gasteiger charge is 2.57. The van der Waals surface area contributed by atoms with E-state index in [4.69, 9.17) is 0 Å². The first-order chi connectivity index (χ1) is 10.6. The molecular weight excluding hydrogens is 274 g/mol. The van der Waals surface area contributed by atoms with Crippen molar-refractivity contribution in [1.82, 2.24) is 0 Å². The van der Waals surface area contributed by atoms with Crippen LogP contribution < -0.4 is 4.90 Å². The lowest BCUT2D eigenvalue weighted by Crippen LogP contribution is -2.33. The number of amides is 2. The fourth-order valence-corrected chi connectivity index (χ4v) is 3.88. The Kier molecular flexibility index (Phi) is 3.73. The van der Waals surface area contributed by atoms with Crippen molar-refractivity contribution < 1.29 is 9.59 Å². The normalized spacial score (nSPS) is 30.5. The van der Waals surface area contributed by atoms with Crippen LogP contribution in [0.15, 0.2) is 49.6 Å². The van der Waals surface area contributed by atoms with Crippen molar-refractivity contribution in [3.8, 4) is 0 Å². The van der Waals surface area contributed by atoms with E-state index in [1.165, 1.54) is 4.90 Å². The zero-order chi connectivity index (χ0) is 15.9. The highest BCUT2D eigenvalue weighted by molar-refractivity contribution is 6.22. The third kappa shape index (κ3) is 2.04. The molecule has 4 unspecified atom stereocenters. The van der Waals surface area contributed by atoms with Gasteiger partial charge in [-0.25, -0.2) is 0 Å². The van der Waals surface area contributed by atoms with Crippen molar-refractivity contribution in [2.24, 2.45) is 23.7 Å². The number of imide groups is 1. The van der Waals surface area contributed by atoms with Crippen molar-refractivity contribution in [3.63, 3.8) is 0 Å². The minimum absolute atomic E-state index is 0.0591. The maximum atomic E-state index is 12.9. The van der Waals surface area contributed by atoms with Gasteiger partial charge in [-0.15, -0.1) is 13.2 Å². The van der Waals surface area contributed by atoms with Crippen LogP contribution in [0, 0.1) is 23.7 Å². The molecule has 0 N–H and O–H groups in total. The summed E-state index contributed by atoms with van der Waals surface area (Å²) in [6, 6.07) is 7.68. The van der Waals surface area contributed by atoms with E-state index >= 15 is 0 Å². The Morgan fingerprint density at radius 1 is 1.14 bits per heavy atom. The summed E-state index contributed by atoms with van der Waals surface area (Å²) in [5, 5.41) is 0. The topological polar surface area (TPSA) is 37.4 Å². The predicted octanol–water partition coefficient (Wildman–Crippen LogP) is 3.36. The molecule has 1 saturated carbocycles. The Balaban J connectivity index is 2.01. The van der Waals surface area contributed by atoms with Crippen LogP contribution in [0.2, 0.25) is 0 Å². The Bertz CT molecular complexity index is 617. The maximum Gasteiger partial charge on any atom is 0.238 e. The number of anilines is 1. The summed E-state index contributed by atoms with van der Waals surface area (Å²) >= 11 is 0. The van der Waals surface area contributed by atoms with Gasteiger partial charge in [-0.05, 0) is 42.4 Å². The second kappa shape index (κ2) is 5.56. The van der Waals surface area contributed by atoms with Crippen molar-refractivity contribution in [2.75, 3.05) is 4.90 Å². The Morgan fingerprint density at radius 3 is 2.23 bits per heavy atom. The largest absolute Gasteiger partial charge is 0.274 e. The minimum Gasteiger partial charge on any atom is -0.274 e. The summed E-state index contributed by atoms with van der Waals surface area (Å²) in [6.07, 6.45) is 5.31. The van der Waals surface area contributed by atoms with Gasteiger partial charge in [-0.2, -0.15) is 0 Å². The number of carbonyl (C=O) groups excluding carboxylic acids is 2. The molecule has 1 aromatic carbocycles. The zero-order valence-corrected chi connectivity index (χ0v) is 12.9. The molecule has 0 spiro atoms. The van der Waals surface area contributed by atoms with E-state index in [1.807, 2.05) is 36.4 Å². The molecule has 2 amide bonds. The summed E-state index contributed by atoms with van der Waals surface area (Å²) in [5.74, 6) is -0.612. The van der Waals surface area contributed by atoms with Crippen LogP contribution in [0.1, 0.15) is 18.9 Å². The Labute approximate surface area is 131 Å². The Hall–Kier alpha value is -2.16. The summed E-state index contributed by atoms with van der Waals surface area (Å²) < 4.78 is 0. The molecule has 0 radical (unpaired) electrons. The van der Waals surface area contributed by atoms with E-state index in [1.54, 1.807) is 0 Å². The van der Waals surface area contributed by atoms with Crippen LogP contribution in [0.5, 0.6) is 0 Å². The molecule has 1 saturated heterocycles. The number of carbonyl (C=O) groups is 2. The van der Waals surface area contributed by atoms with Crippen LogP contribution in [0.3, 0.4) is 0 Å². The van der Waals surface area contributed by atoms with E-state index in [0.29, 0.717) is 5.69 Å². The van der Waals surface area contributed by atoms with Crippen LogP contribution in [-0.2, 0) is 16.0 Å². The fourth-order valence-electron chi connectivity index (χ4n) is 3.88. The average Bonchev–Trinajstić information content (AvgIpc) is 3.04. The first-order valence-electron chi connectivity index (χ1n) is 7.84. The summed E-state index contributed by atoms with van der Waals surface area (Å²) in [4.78, 5) is 27.1. The van der Waals surface area contributed by atoms with Gasteiger partial charge in [0.2, 0.25) is 11.8 Å². The van der Waals surface area contributed by atoms with Gasteiger partial charge in [0, 0.05) is 0 Å². The summed E-state index contributed by atoms with van der Waals surface area (Å²) in [6.45, 7) is 9.74. The van der Waals surface area contributed by atoms with Gasteiger partial charge in [0.25, 0.3) is 0 Å². The highest BCUT2D eigenvalue weighted by atomic mass is 16.2. The molecule has 3 rings (SSSR count). The molecule has 1 aliphatic carbocycles. The number of benzene rings is 1. The molecule has 114 valence electrons. The van der Waals surface area contributed by atoms with E-state index in [9.17, 15) is 9.59 Å². The number of fused-ring (bicyclic) bond motifs is 1. The zero-order valence-electron chi connectivity index (χ0n) is 12.9. The van der Waals surface area contributed by atoms with Gasteiger partial charge in [0.15, 0.2) is 0 Å². The van der Waals surface area contributed by atoms with Gasteiger partial charge in [-0.1, -0.05) is 31.2 Å². The van der Waals surface area contributed by atoms with Crippen LogP contribution in [-0.4, -0.2) is 11.8 Å². The van der Waals surface area contributed by atoms with E-state index in [2.05, 4.69) is 20.1 Å². The number of rotatable bonds is 4. The first kappa shape index (κ1) is 14.8. The fraction of sp³-hybridized carbons (Fsp3) is 0.368. The van der Waals surface area contributed by atoms with Crippen molar-refractivity contribution in [3.05, 3.63) is 55.1 Å². The van der Waals surface area contributed by atoms with Gasteiger partial charge in [0.05, 0.1) is 17.5 Å². The molecule has 1 aromatic rings. The molecule has 2 aliphatic rings. The third-order valence-corrected chi connectivity index (χ3v) is 5.05. The van der Waals surface area contributed by atoms with Gasteiger partial charge in [0.1, 0.15) is 0 Å². The molecule has 1 heterocycles. The lowest BCUT2D eigenvalue weighted by molar-refractivity contribution is -0.123. The molecule has 4 atom stereocenters. The number of hydrogen-bond acceptors (Lipinski definition) is 2. The molecule has 0 bridgehead atoms. The lowest BCUT2D eigenvalue weighted by Gasteiger charge is -2.19. The minimum atomic E-state index is -0.279. The van der Waals surface area contributed by atoms with Crippen molar-refractivity contribution >= 4 is 17.5 Å². The number of nitrogens with zero attached hydrogens (tertiary/aromatic N) is 1. The molecule has 3 heteroatoms. The smallest absolute Gasteiger partial charge is 0.238 e. The Morgan fingerprint density at radius 2 is 1.73 bits per heavy atom. The standard InChI is InChI=1S/C19H21NO2/c1-4-12-8-7-9-15(10-12)20-18(21)16-13(5-2)11-14(6-3)17(16)19(20)22/h5-10,13-14,16-17H,2-4,11H2,1H3. The van der Waals surface area contributed by atoms with Crippen molar-refractivity contribution in [2.45, 2.75) is 19.8 Å². The number of aryl methyl sites for hydroxylation is 1. The number of hydrogen-bond donors (Lipinski definition) is 0. The SMILES string of the molecule is C=CC1CC(C=C)C2C(=O)N(c3cccc(CC)c3)C(=O)C12.